The first-order valence-electron chi connectivity index (χ1n) is 6.46. The van der Waals surface area contributed by atoms with Gasteiger partial charge >= 0.3 is 0 Å². The fourth-order valence-electron chi connectivity index (χ4n) is 1.68. The van der Waals surface area contributed by atoms with Gasteiger partial charge in [-0.15, -0.1) is 5.54 Å². The fourth-order valence-corrected chi connectivity index (χ4v) is 2.21. The summed E-state index contributed by atoms with van der Waals surface area (Å²) in [7, 11) is -1.19. The highest BCUT2D eigenvalue weighted by Gasteiger charge is 2.11. The van der Waals surface area contributed by atoms with Crippen LogP contribution in [-0.2, 0) is 0 Å². The molecule has 0 bridgehead atoms. The summed E-state index contributed by atoms with van der Waals surface area (Å²) in [6, 6.07) is 0. The number of rotatable bonds is 3. The van der Waals surface area contributed by atoms with Crippen LogP contribution in [0.2, 0.25) is 19.6 Å². The molecular weight excluding hydrogens is 210 g/mol. The Bertz CT molecular complexity index is 301. The SMILES string of the molecule is CCCCN1CC=C(C#C[Si](C)(C)C)CC1. The number of hydrogen-bond acceptors (Lipinski definition) is 1. The van der Waals surface area contributed by atoms with Gasteiger partial charge < -0.3 is 0 Å². The van der Waals surface area contributed by atoms with Gasteiger partial charge in [-0.1, -0.05) is 45.0 Å². The standard InChI is InChI=1S/C14H25NSi/c1-5-6-10-15-11-7-14(8-12-15)9-13-16(2,3)4/h7H,5-6,8,10-12H2,1-4H3. The minimum Gasteiger partial charge on any atom is -0.299 e. The predicted octanol–water partition coefficient (Wildman–Crippen LogP) is 3.30. The summed E-state index contributed by atoms with van der Waals surface area (Å²) in [5.74, 6) is 3.38. The molecule has 1 nitrogen and oxygen atoms in total. The van der Waals surface area contributed by atoms with E-state index in [1.54, 1.807) is 0 Å². The highest BCUT2D eigenvalue weighted by atomic mass is 28.3. The number of nitrogens with zero attached hydrogens (tertiary/aromatic N) is 1. The van der Waals surface area contributed by atoms with Crippen molar-refractivity contribution in [2.24, 2.45) is 0 Å². The molecule has 0 unspecified atom stereocenters. The summed E-state index contributed by atoms with van der Waals surface area (Å²) in [6.07, 6.45) is 6.10. The molecule has 0 aromatic carbocycles. The maximum atomic E-state index is 3.45. The van der Waals surface area contributed by atoms with Gasteiger partial charge in [0.1, 0.15) is 8.07 Å². The largest absolute Gasteiger partial charge is 0.299 e. The second-order valence-electron chi connectivity index (χ2n) is 5.63. The highest BCUT2D eigenvalue weighted by molar-refractivity contribution is 6.83. The summed E-state index contributed by atoms with van der Waals surface area (Å²) >= 11 is 0. The Balaban J connectivity index is 2.43. The smallest absolute Gasteiger partial charge is 0.129 e. The normalized spacial score (nSPS) is 17.6. The average Bonchev–Trinajstić information content (AvgIpc) is 2.24. The molecule has 0 atom stereocenters. The van der Waals surface area contributed by atoms with Crippen LogP contribution in [0.4, 0.5) is 0 Å². The van der Waals surface area contributed by atoms with Crippen molar-refractivity contribution in [3.8, 4) is 11.5 Å². The molecule has 0 aromatic heterocycles. The lowest BCUT2D eigenvalue weighted by molar-refractivity contribution is 0.291. The summed E-state index contributed by atoms with van der Waals surface area (Å²) < 4.78 is 0. The monoisotopic (exact) mass is 235 g/mol. The summed E-state index contributed by atoms with van der Waals surface area (Å²) in [4.78, 5) is 2.53. The van der Waals surface area contributed by atoms with Crippen molar-refractivity contribution in [1.82, 2.24) is 4.90 Å². The first-order chi connectivity index (χ1) is 7.51. The van der Waals surface area contributed by atoms with E-state index in [-0.39, 0.29) is 0 Å². The van der Waals surface area contributed by atoms with E-state index in [0.717, 1.165) is 13.0 Å². The van der Waals surface area contributed by atoms with Crippen LogP contribution in [0.1, 0.15) is 26.2 Å². The Morgan fingerprint density at radius 2 is 2.12 bits per heavy atom. The number of hydrogen-bond donors (Lipinski definition) is 0. The van der Waals surface area contributed by atoms with Crippen molar-refractivity contribution < 1.29 is 0 Å². The van der Waals surface area contributed by atoms with E-state index in [2.05, 4.69) is 49.0 Å². The molecule has 1 heterocycles. The van der Waals surface area contributed by atoms with E-state index < -0.39 is 8.07 Å². The first-order valence-corrected chi connectivity index (χ1v) is 9.96. The van der Waals surface area contributed by atoms with Crippen LogP contribution in [0.5, 0.6) is 0 Å². The van der Waals surface area contributed by atoms with Gasteiger partial charge in [-0.3, -0.25) is 4.90 Å². The quantitative estimate of drug-likeness (QED) is 0.536. The number of unbranched alkanes of at least 4 members (excludes halogenated alkanes) is 1. The van der Waals surface area contributed by atoms with Crippen molar-refractivity contribution in [1.29, 1.82) is 0 Å². The van der Waals surface area contributed by atoms with Crippen LogP contribution in [0.3, 0.4) is 0 Å². The van der Waals surface area contributed by atoms with Crippen LogP contribution in [0.25, 0.3) is 0 Å². The van der Waals surface area contributed by atoms with Crippen LogP contribution >= 0.6 is 0 Å². The molecule has 0 spiro atoms. The van der Waals surface area contributed by atoms with Crippen LogP contribution in [-0.4, -0.2) is 32.6 Å². The van der Waals surface area contributed by atoms with Crippen molar-refractivity contribution in [2.45, 2.75) is 45.8 Å². The fraction of sp³-hybridized carbons (Fsp3) is 0.714. The van der Waals surface area contributed by atoms with E-state index in [1.807, 2.05) is 0 Å². The zero-order valence-electron chi connectivity index (χ0n) is 11.3. The van der Waals surface area contributed by atoms with Gasteiger partial charge in [-0.05, 0) is 25.0 Å². The Morgan fingerprint density at radius 1 is 1.38 bits per heavy atom. The van der Waals surface area contributed by atoms with E-state index in [1.165, 1.54) is 31.5 Å². The van der Waals surface area contributed by atoms with Gasteiger partial charge in [0, 0.05) is 13.1 Å². The lowest BCUT2D eigenvalue weighted by atomic mass is 10.1. The van der Waals surface area contributed by atoms with Crippen LogP contribution < -0.4 is 0 Å². The van der Waals surface area contributed by atoms with Gasteiger partial charge in [0.05, 0.1) is 0 Å². The predicted molar refractivity (Wildman–Crippen MR) is 75.2 cm³/mol. The molecule has 1 aliphatic rings. The van der Waals surface area contributed by atoms with Crippen molar-refractivity contribution in [3.05, 3.63) is 11.6 Å². The lowest BCUT2D eigenvalue weighted by Crippen LogP contribution is -2.29. The molecule has 1 aliphatic heterocycles. The maximum absolute atomic E-state index is 3.45. The van der Waals surface area contributed by atoms with E-state index in [4.69, 9.17) is 0 Å². The van der Waals surface area contributed by atoms with Crippen molar-refractivity contribution >= 4 is 8.07 Å². The van der Waals surface area contributed by atoms with Crippen LogP contribution in [0.15, 0.2) is 11.6 Å². The third kappa shape index (κ3) is 5.53. The van der Waals surface area contributed by atoms with Crippen molar-refractivity contribution in [2.75, 3.05) is 19.6 Å². The molecule has 1 rings (SSSR count). The average molecular weight is 235 g/mol. The minimum absolute atomic E-state index is 1.11. The van der Waals surface area contributed by atoms with Gasteiger partial charge in [0.25, 0.3) is 0 Å². The Kier molecular flexibility index (Phi) is 5.31. The third-order valence-electron chi connectivity index (χ3n) is 2.72. The molecule has 0 aliphatic carbocycles. The molecular formula is C14H25NSi. The molecule has 0 saturated carbocycles. The zero-order valence-corrected chi connectivity index (χ0v) is 12.3. The van der Waals surface area contributed by atoms with Gasteiger partial charge in [-0.25, -0.2) is 0 Å². The highest BCUT2D eigenvalue weighted by Crippen LogP contribution is 2.11. The molecule has 0 amide bonds. The van der Waals surface area contributed by atoms with E-state index in [9.17, 15) is 0 Å². The molecule has 2 heteroatoms. The second-order valence-corrected chi connectivity index (χ2v) is 10.4. The summed E-state index contributed by atoms with van der Waals surface area (Å²) in [5.41, 5.74) is 4.82. The molecule has 0 radical (unpaired) electrons. The Hall–Kier alpha value is -0.523. The van der Waals surface area contributed by atoms with E-state index in [0.29, 0.717) is 0 Å². The third-order valence-corrected chi connectivity index (χ3v) is 3.59. The maximum Gasteiger partial charge on any atom is 0.129 e. The minimum atomic E-state index is -1.19. The van der Waals surface area contributed by atoms with Gasteiger partial charge in [0.2, 0.25) is 0 Å². The first kappa shape index (κ1) is 13.5. The molecule has 0 aromatic rings. The lowest BCUT2D eigenvalue weighted by Gasteiger charge is -2.24. The van der Waals surface area contributed by atoms with Gasteiger partial charge in [0.15, 0.2) is 0 Å². The molecule has 0 fully saturated rings. The molecule has 90 valence electrons. The molecule has 16 heavy (non-hydrogen) atoms. The summed E-state index contributed by atoms with van der Waals surface area (Å²) in [6.45, 7) is 12.7. The van der Waals surface area contributed by atoms with E-state index >= 15 is 0 Å². The zero-order chi connectivity index (χ0) is 12.0. The Labute approximate surface area is 102 Å². The van der Waals surface area contributed by atoms with Crippen molar-refractivity contribution in [3.63, 3.8) is 0 Å². The van der Waals surface area contributed by atoms with Gasteiger partial charge in [-0.2, -0.15) is 0 Å². The second kappa shape index (κ2) is 6.27. The topological polar surface area (TPSA) is 3.24 Å². The molecule has 0 saturated heterocycles. The van der Waals surface area contributed by atoms with Crippen LogP contribution in [0, 0.1) is 11.5 Å². The Morgan fingerprint density at radius 3 is 2.62 bits per heavy atom. The molecule has 0 N–H and O–H groups in total. The summed E-state index contributed by atoms with van der Waals surface area (Å²) in [5, 5.41) is 0.